The number of hydrogen-bond donors (Lipinski definition) is 10. The lowest BCUT2D eigenvalue weighted by atomic mass is 9.97. The number of likely N-dealkylation sites (N-methyl/N-ethyl adjacent to an activating group) is 1. The number of carbonyl (C=O) groups is 10. The number of hydrogen-bond acceptors (Lipinski definition) is 18. The fourth-order valence-corrected chi connectivity index (χ4v) is 9.21. The van der Waals surface area contributed by atoms with Gasteiger partial charge in [0.2, 0.25) is 23.6 Å². The maximum absolute atomic E-state index is 13.1. The minimum absolute atomic E-state index is 0.0276. The largest absolute Gasteiger partial charge is 0.505 e. The van der Waals surface area contributed by atoms with Crippen LogP contribution in [0.5, 0.6) is 5.75 Å². The van der Waals surface area contributed by atoms with Crippen molar-refractivity contribution in [2.45, 2.75) is 95.3 Å². The Bertz CT molecular complexity index is 2920. The number of anilines is 2. The van der Waals surface area contributed by atoms with Crippen LogP contribution >= 0.6 is 11.6 Å². The molecule has 0 saturated carbocycles. The van der Waals surface area contributed by atoms with Crippen LogP contribution in [-0.2, 0) is 79.6 Å². The Balaban J connectivity index is 0.844. The molecule has 422 valence electrons. The van der Waals surface area contributed by atoms with Gasteiger partial charge in [0.1, 0.15) is 18.4 Å². The zero-order chi connectivity index (χ0) is 57.1. The van der Waals surface area contributed by atoms with Gasteiger partial charge in [-0.15, -0.1) is 5.06 Å². The summed E-state index contributed by atoms with van der Waals surface area (Å²) in [7, 11) is 1.40. The third kappa shape index (κ3) is 14.2. The molecular weight excluding hydrogens is 1060 g/mol. The normalized spacial score (nSPS) is 19.8. The average molecular weight is 1120 g/mol. The molecule has 79 heavy (non-hydrogen) atoms. The summed E-state index contributed by atoms with van der Waals surface area (Å²) in [5.74, 6) is -6.12. The summed E-state index contributed by atoms with van der Waals surface area (Å²) in [6, 6.07) is 10.9. The number of aliphatic hydroxyl groups excluding tert-OH is 2. The van der Waals surface area contributed by atoms with E-state index < -0.39 is 89.6 Å². The Morgan fingerprint density at radius 2 is 1.66 bits per heavy atom. The van der Waals surface area contributed by atoms with Gasteiger partial charge in [0.25, 0.3) is 23.4 Å². The molecule has 4 aliphatic heterocycles. The second-order valence-electron chi connectivity index (χ2n) is 18.7. The maximum Gasteiger partial charge on any atom is 0.409 e. The first-order valence-electron chi connectivity index (χ1n) is 24.9. The summed E-state index contributed by atoms with van der Waals surface area (Å²) < 4.78 is 16.2. The van der Waals surface area contributed by atoms with Gasteiger partial charge >= 0.3 is 18.1 Å². The van der Waals surface area contributed by atoms with Crippen LogP contribution in [0.1, 0.15) is 83.1 Å². The zero-order valence-corrected chi connectivity index (χ0v) is 43.3. The number of hydroxylamine groups is 2. The van der Waals surface area contributed by atoms with Crippen LogP contribution in [0.4, 0.5) is 21.0 Å². The summed E-state index contributed by atoms with van der Waals surface area (Å²) in [5.41, 5.74) is -1.46. The van der Waals surface area contributed by atoms with Gasteiger partial charge in [-0.2, -0.15) is 0 Å². The van der Waals surface area contributed by atoms with E-state index in [2.05, 4.69) is 26.6 Å². The highest BCUT2D eigenvalue weighted by Gasteiger charge is 2.61. The van der Waals surface area contributed by atoms with Crippen molar-refractivity contribution in [3.8, 4) is 5.75 Å². The Morgan fingerprint density at radius 3 is 2.35 bits per heavy atom. The third-order valence-corrected chi connectivity index (χ3v) is 13.5. The lowest BCUT2D eigenvalue weighted by Gasteiger charge is -2.30. The van der Waals surface area contributed by atoms with Crippen LogP contribution in [-0.4, -0.2) is 163 Å². The summed E-state index contributed by atoms with van der Waals surface area (Å²) in [6.45, 7) is 0.0164. The van der Waals surface area contributed by atoms with Crippen molar-refractivity contribution < 1.29 is 87.8 Å². The minimum Gasteiger partial charge on any atom is -0.505 e. The molecule has 28 heteroatoms. The van der Waals surface area contributed by atoms with Gasteiger partial charge < -0.3 is 70.9 Å². The first-order valence-corrected chi connectivity index (χ1v) is 25.3. The quantitative estimate of drug-likeness (QED) is 0.0345. The van der Waals surface area contributed by atoms with Crippen molar-refractivity contribution in [3.05, 3.63) is 99.1 Å². The fourth-order valence-electron chi connectivity index (χ4n) is 8.93. The molecule has 2 saturated heterocycles. The fraction of sp³-hybridized carbons (Fsp3) is 0.412. The SMILES string of the molecule is CN(CCOCCc1ccc(NC(=O)NCc2ccc3c(c2)CN(C2CCC(=O)NC2=O)C3=O)cc1Cl)C(=O)OCc1cc(NC(=O)CCNC(=O)CCCCCN2C(=O)C=CC2=O)c(O)c(C2(C(=O)O)OC(O)C(O)N2O)c1. The average Bonchev–Trinajstić information content (AvgIpc) is 4.14. The third-order valence-electron chi connectivity index (χ3n) is 13.2. The number of aliphatic carboxylic acids is 1. The maximum atomic E-state index is 13.1. The minimum atomic E-state index is -3.13. The molecule has 10 amide bonds. The molecule has 4 heterocycles. The van der Waals surface area contributed by atoms with Gasteiger partial charge in [-0.05, 0) is 78.3 Å². The highest BCUT2D eigenvalue weighted by Crippen LogP contribution is 2.45. The number of benzene rings is 3. The summed E-state index contributed by atoms with van der Waals surface area (Å²) in [5, 5.41) is 65.3. The number of carboxylic acid groups (broad SMARTS) is 1. The summed E-state index contributed by atoms with van der Waals surface area (Å²) in [4.78, 5) is 128. The monoisotopic (exact) mass is 1120 g/mol. The molecule has 0 aromatic heterocycles. The van der Waals surface area contributed by atoms with Crippen molar-refractivity contribution in [1.82, 2.24) is 35.7 Å². The second kappa shape index (κ2) is 26.1. The van der Waals surface area contributed by atoms with Crippen LogP contribution in [0.25, 0.3) is 0 Å². The first-order chi connectivity index (χ1) is 37.7. The zero-order valence-electron chi connectivity index (χ0n) is 42.5. The van der Waals surface area contributed by atoms with E-state index in [1.54, 1.807) is 36.4 Å². The highest BCUT2D eigenvalue weighted by atomic mass is 35.5. The van der Waals surface area contributed by atoms with E-state index in [0.717, 1.165) is 27.5 Å². The molecule has 0 spiro atoms. The van der Waals surface area contributed by atoms with Crippen molar-refractivity contribution in [3.63, 3.8) is 0 Å². The van der Waals surface area contributed by atoms with Gasteiger partial charge in [0, 0.05) is 87.5 Å². The molecular formula is C51H58ClN9O18. The van der Waals surface area contributed by atoms with E-state index in [4.69, 9.17) is 25.8 Å². The van der Waals surface area contributed by atoms with Crippen molar-refractivity contribution >= 4 is 82.4 Å². The number of urea groups is 1. The number of unbranched alkanes of at least 4 members (excludes halogenated alkanes) is 2. The van der Waals surface area contributed by atoms with E-state index in [9.17, 15) is 73.6 Å². The number of aliphatic hydroxyl groups is 2. The second-order valence-corrected chi connectivity index (χ2v) is 19.1. The number of nitrogens with one attached hydrogen (secondary N) is 5. The molecule has 0 bridgehead atoms. The Labute approximate surface area is 455 Å². The Morgan fingerprint density at radius 1 is 0.899 bits per heavy atom. The van der Waals surface area contributed by atoms with E-state index in [1.165, 1.54) is 24.1 Å². The Hall–Kier alpha value is -8.05. The number of halogens is 1. The number of carboxylic acids is 1. The van der Waals surface area contributed by atoms with Gasteiger partial charge in [-0.1, -0.05) is 36.2 Å². The number of phenols is 1. The van der Waals surface area contributed by atoms with Gasteiger partial charge in [0.05, 0.1) is 24.5 Å². The predicted octanol–water partition coefficient (Wildman–Crippen LogP) is 1.48. The van der Waals surface area contributed by atoms with Crippen molar-refractivity contribution in [2.24, 2.45) is 0 Å². The van der Waals surface area contributed by atoms with E-state index in [-0.39, 0.29) is 100.0 Å². The van der Waals surface area contributed by atoms with Crippen LogP contribution in [0.3, 0.4) is 0 Å². The topological polar surface area (TPSA) is 373 Å². The lowest BCUT2D eigenvalue weighted by molar-refractivity contribution is -0.268. The van der Waals surface area contributed by atoms with Crippen molar-refractivity contribution in [2.75, 3.05) is 50.5 Å². The summed E-state index contributed by atoms with van der Waals surface area (Å²) >= 11 is 6.52. The number of nitrogens with zero attached hydrogens (tertiary/aromatic N) is 4. The predicted molar refractivity (Wildman–Crippen MR) is 272 cm³/mol. The lowest BCUT2D eigenvalue weighted by Crippen LogP contribution is -2.52. The van der Waals surface area contributed by atoms with Gasteiger partial charge in [-0.25, -0.2) is 14.4 Å². The highest BCUT2D eigenvalue weighted by molar-refractivity contribution is 6.31. The van der Waals surface area contributed by atoms with Crippen LogP contribution in [0, 0.1) is 0 Å². The number of aromatic hydroxyl groups is 1. The summed E-state index contributed by atoms with van der Waals surface area (Å²) in [6.07, 6.45) is -1.15. The first kappa shape index (κ1) is 58.6. The molecule has 2 fully saturated rings. The van der Waals surface area contributed by atoms with Gasteiger partial charge in [0.15, 0.2) is 12.5 Å². The van der Waals surface area contributed by atoms with Crippen LogP contribution in [0.2, 0.25) is 5.02 Å². The van der Waals surface area contributed by atoms with E-state index in [1.807, 2.05) is 0 Å². The molecule has 27 nitrogen and oxygen atoms in total. The molecule has 0 radical (unpaired) electrons. The van der Waals surface area contributed by atoms with Crippen LogP contribution in [0.15, 0.2) is 60.7 Å². The van der Waals surface area contributed by atoms with Crippen molar-refractivity contribution in [1.29, 1.82) is 0 Å². The molecule has 3 aromatic rings. The number of imide groups is 2. The van der Waals surface area contributed by atoms with E-state index >= 15 is 0 Å². The number of ether oxygens (including phenoxy) is 3. The number of amides is 10. The number of phenolic OH excluding ortho intramolecular Hbond substituents is 1. The standard InChI is InChI=1S/C51H58ClN9O18/c1-58(18-20-77-19-15-30-7-8-32(24-35(30)52)55-49(74)54-25-28-6-9-33-31(21-28)26-60(45(33)69)37-10-11-39(63)57-44(37)68)50(75)78-27-29-22-34(51(48(72)73)61(76)46(70)47(71)79-51)43(67)36(23-29)56-40(64)14-16-53-38(62)5-3-2-4-17-59-41(65)12-13-42(59)66/h6-9,12-13,21-24,37,46-47,67,70-71,76H,2-5,10-11,14-20,25-27H2,1H3,(H,53,62)(H,56,64)(H,72,73)(H2,54,55,74)(H,57,63,68). The smallest absolute Gasteiger partial charge is 0.409 e. The Kier molecular flexibility index (Phi) is 19.3. The molecule has 4 aliphatic rings. The molecule has 4 unspecified atom stereocenters. The molecule has 0 aliphatic carbocycles. The number of fused-ring (bicyclic) bond motifs is 1. The number of rotatable bonds is 24. The molecule has 4 atom stereocenters. The number of carbonyl (C=O) groups excluding carboxylic acids is 9. The molecule has 10 N–H and O–H groups in total. The molecule has 3 aromatic carbocycles. The number of piperidine rings is 1. The van der Waals surface area contributed by atoms with E-state index in [0.29, 0.717) is 53.1 Å². The molecule has 7 rings (SSSR count). The van der Waals surface area contributed by atoms with Crippen LogP contribution < -0.4 is 26.6 Å². The van der Waals surface area contributed by atoms with Gasteiger partial charge in [-0.3, -0.25) is 43.8 Å².